The molecule has 0 bridgehead atoms. The molecule has 4 nitrogen and oxygen atoms in total. The standard InChI is InChI=1S/C19H8ClF3O4S/c20-11-6-9-4-5-10-7-14(27-28(24,25)19(21,22)23)12-2-1-3-13-18(12)17(10)16(9)15(8-11)26-13/h1-8H. The Morgan fingerprint density at radius 1 is 0.893 bits per heavy atom. The first kappa shape index (κ1) is 17.4. The molecule has 0 fully saturated rings. The topological polar surface area (TPSA) is 52.6 Å². The van der Waals surface area contributed by atoms with Gasteiger partial charge >= 0.3 is 15.6 Å². The maximum atomic E-state index is 12.8. The average molecular weight is 425 g/mol. The first-order chi connectivity index (χ1) is 13.2. The van der Waals surface area contributed by atoms with Crippen molar-refractivity contribution < 1.29 is 30.5 Å². The van der Waals surface area contributed by atoms with Gasteiger partial charge in [-0.1, -0.05) is 35.9 Å². The Kier molecular flexibility index (Phi) is 3.37. The summed E-state index contributed by atoms with van der Waals surface area (Å²) < 4.78 is 71.9. The molecule has 28 heavy (non-hydrogen) atoms. The molecule has 0 saturated heterocycles. The molecule has 0 saturated carbocycles. The molecule has 0 atom stereocenters. The Hall–Kier alpha value is -2.71. The molecule has 0 radical (unpaired) electrons. The summed E-state index contributed by atoms with van der Waals surface area (Å²) >= 11 is 6.14. The number of benzene rings is 4. The summed E-state index contributed by atoms with van der Waals surface area (Å²) in [7, 11) is -5.81. The van der Waals surface area contributed by atoms with Crippen LogP contribution in [0.1, 0.15) is 0 Å². The van der Waals surface area contributed by atoms with Gasteiger partial charge in [-0.3, -0.25) is 0 Å². The van der Waals surface area contributed by atoms with E-state index >= 15 is 0 Å². The fraction of sp³-hybridized carbons (Fsp3) is 0.0526. The summed E-state index contributed by atoms with van der Waals surface area (Å²) in [5.74, 6) is 0.478. The lowest BCUT2D eigenvalue weighted by Gasteiger charge is -2.22. The highest BCUT2D eigenvalue weighted by molar-refractivity contribution is 7.88. The van der Waals surface area contributed by atoms with Crippen LogP contribution in [0.25, 0.3) is 32.3 Å². The molecule has 0 amide bonds. The van der Waals surface area contributed by atoms with Gasteiger partial charge in [0.15, 0.2) is 5.75 Å². The van der Waals surface area contributed by atoms with E-state index in [0.717, 1.165) is 16.2 Å². The smallest absolute Gasteiger partial charge is 0.456 e. The van der Waals surface area contributed by atoms with Crippen LogP contribution >= 0.6 is 11.6 Å². The minimum absolute atomic E-state index is 0.200. The van der Waals surface area contributed by atoms with Crippen LogP contribution < -0.4 is 8.92 Å². The van der Waals surface area contributed by atoms with Crippen LogP contribution in [0.4, 0.5) is 13.2 Å². The Labute approximate surface area is 161 Å². The Morgan fingerprint density at radius 3 is 2.32 bits per heavy atom. The minimum Gasteiger partial charge on any atom is -0.456 e. The normalized spacial score (nSPS) is 13.6. The maximum Gasteiger partial charge on any atom is 0.534 e. The van der Waals surface area contributed by atoms with Gasteiger partial charge in [0.2, 0.25) is 0 Å². The molecule has 1 aliphatic heterocycles. The maximum absolute atomic E-state index is 12.8. The van der Waals surface area contributed by atoms with Gasteiger partial charge in [0.25, 0.3) is 0 Å². The van der Waals surface area contributed by atoms with Gasteiger partial charge in [0.05, 0.1) is 0 Å². The van der Waals surface area contributed by atoms with Crippen molar-refractivity contribution in [2.75, 3.05) is 0 Å². The van der Waals surface area contributed by atoms with Crippen LogP contribution in [0.5, 0.6) is 17.2 Å². The second-order valence-corrected chi connectivity index (χ2v) is 8.28. The molecule has 142 valence electrons. The van der Waals surface area contributed by atoms with E-state index in [9.17, 15) is 21.6 Å². The number of alkyl halides is 3. The molecule has 4 aromatic carbocycles. The largest absolute Gasteiger partial charge is 0.534 e. The van der Waals surface area contributed by atoms with Crippen LogP contribution in [0.15, 0.2) is 48.5 Å². The molecule has 0 aliphatic carbocycles. The van der Waals surface area contributed by atoms with Crippen molar-refractivity contribution in [3.8, 4) is 17.2 Å². The summed E-state index contributed by atoms with van der Waals surface area (Å²) in [6.07, 6.45) is 0. The lowest BCUT2D eigenvalue weighted by Crippen LogP contribution is -2.28. The molecule has 0 aromatic heterocycles. The fourth-order valence-electron chi connectivity index (χ4n) is 3.53. The quantitative estimate of drug-likeness (QED) is 0.194. The molecular formula is C19H8ClF3O4S. The molecule has 0 N–H and O–H groups in total. The SMILES string of the molecule is O=S(=O)(Oc1cc2ccc3cc(Cl)cc4c3c2c2c(cccc12)O4)C(F)(F)F. The van der Waals surface area contributed by atoms with E-state index in [1.165, 1.54) is 12.1 Å². The predicted molar refractivity (Wildman–Crippen MR) is 99.6 cm³/mol. The molecule has 9 heteroatoms. The van der Waals surface area contributed by atoms with E-state index < -0.39 is 21.4 Å². The summed E-state index contributed by atoms with van der Waals surface area (Å²) in [5, 5.41) is 3.95. The van der Waals surface area contributed by atoms with Crippen LogP contribution in [0.3, 0.4) is 0 Å². The minimum atomic E-state index is -5.81. The molecule has 1 aliphatic rings. The van der Waals surface area contributed by atoms with E-state index in [4.69, 9.17) is 16.3 Å². The fourth-order valence-corrected chi connectivity index (χ4v) is 4.22. The van der Waals surface area contributed by atoms with Crippen molar-refractivity contribution in [2.24, 2.45) is 0 Å². The van der Waals surface area contributed by atoms with Crippen LogP contribution in [0, 0.1) is 0 Å². The molecule has 1 heterocycles. The third-order valence-corrected chi connectivity index (χ3v) is 5.79. The van der Waals surface area contributed by atoms with Crippen molar-refractivity contribution in [1.29, 1.82) is 0 Å². The lowest BCUT2D eigenvalue weighted by atomic mass is 9.93. The third-order valence-electron chi connectivity index (χ3n) is 4.61. The number of rotatable bonds is 2. The van der Waals surface area contributed by atoms with E-state index in [0.29, 0.717) is 27.3 Å². The predicted octanol–water partition coefficient (Wildman–Crippen LogP) is 6.13. The Balaban J connectivity index is 1.92. The van der Waals surface area contributed by atoms with E-state index in [1.807, 2.05) is 0 Å². The summed E-state index contributed by atoms with van der Waals surface area (Å²) in [6.45, 7) is 0. The number of hydrogen-bond acceptors (Lipinski definition) is 4. The number of ether oxygens (including phenoxy) is 1. The van der Waals surface area contributed by atoms with Gasteiger partial charge in [-0.05, 0) is 29.0 Å². The van der Waals surface area contributed by atoms with Crippen LogP contribution in [0.2, 0.25) is 5.02 Å². The van der Waals surface area contributed by atoms with E-state index in [1.54, 1.807) is 36.4 Å². The number of halogens is 4. The first-order valence-corrected chi connectivity index (χ1v) is 9.75. The van der Waals surface area contributed by atoms with E-state index in [-0.39, 0.29) is 5.39 Å². The monoisotopic (exact) mass is 424 g/mol. The van der Waals surface area contributed by atoms with Crippen molar-refractivity contribution in [1.82, 2.24) is 0 Å². The zero-order valence-corrected chi connectivity index (χ0v) is 15.2. The average Bonchev–Trinajstić information content (AvgIpc) is 2.60. The summed E-state index contributed by atoms with van der Waals surface area (Å²) in [5.41, 5.74) is -5.53. The molecule has 0 spiro atoms. The van der Waals surface area contributed by atoms with Crippen molar-refractivity contribution >= 4 is 54.0 Å². The number of hydrogen-bond donors (Lipinski definition) is 0. The summed E-state index contributed by atoms with van der Waals surface area (Å²) in [4.78, 5) is 0. The van der Waals surface area contributed by atoms with Crippen molar-refractivity contribution in [2.45, 2.75) is 5.51 Å². The van der Waals surface area contributed by atoms with Crippen LogP contribution in [-0.4, -0.2) is 13.9 Å². The second-order valence-electron chi connectivity index (χ2n) is 6.30. The van der Waals surface area contributed by atoms with Crippen molar-refractivity contribution in [3.05, 3.63) is 53.6 Å². The van der Waals surface area contributed by atoms with Gasteiger partial charge in [-0.25, -0.2) is 0 Å². The van der Waals surface area contributed by atoms with Gasteiger partial charge < -0.3 is 8.92 Å². The summed E-state index contributed by atoms with van der Waals surface area (Å²) in [6, 6.07) is 12.8. The van der Waals surface area contributed by atoms with E-state index in [2.05, 4.69) is 4.18 Å². The Morgan fingerprint density at radius 2 is 1.61 bits per heavy atom. The molecular weight excluding hydrogens is 417 g/mol. The van der Waals surface area contributed by atoms with Gasteiger partial charge in [0.1, 0.15) is 11.5 Å². The first-order valence-electron chi connectivity index (χ1n) is 7.96. The lowest BCUT2D eigenvalue weighted by molar-refractivity contribution is -0.0499. The zero-order chi connectivity index (χ0) is 19.8. The van der Waals surface area contributed by atoms with Crippen molar-refractivity contribution in [3.63, 3.8) is 0 Å². The van der Waals surface area contributed by atoms with Gasteiger partial charge in [-0.15, -0.1) is 0 Å². The third kappa shape index (κ3) is 2.34. The zero-order valence-electron chi connectivity index (χ0n) is 13.7. The Bertz CT molecular complexity index is 1430. The van der Waals surface area contributed by atoms with Gasteiger partial charge in [-0.2, -0.15) is 21.6 Å². The highest BCUT2D eigenvalue weighted by Gasteiger charge is 2.48. The molecule has 5 rings (SSSR count). The highest BCUT2D eigenvalue weighted by Crippen LogP contribution is 2.50. The highest BCUT2D eigenvalue weighted by atomic mass is 35.5. The van der Waals surface area contributed by atoms with Gasteiger partial charge in [0, 0.05) is 32.6 Å². The molecule has 0 unspecified atom stereocenters. The van der Waals surface area contributed by atoms with Crippen LogP contribution in [-0.2, 0) is 10.1 Å². The molecule has 4 aromatic rings. The second kappa shape index (κ2) is 5.42.